The molecule has 5 nitrogen and oxygen atoms in total. The fraction of sp³-hybridized carbons (Fsp3) is 0.304. The summed E-state index contributed by atoms with van der Waals surface area (Å²) in [5.41, 5.74) is 2.32. The predicted molar refractivity (Wildman–Crippen MR) is 111 cm³/mol. The summed E-state index contributed by atoms with van der Waals surface area (Å²) in [6.07, 6.45) is 4.77. The normalized spacial score (nSPS) is 10.9. The van der Waals surface area contributed by atoms with Crippen LogP contribution in [-0.4, -0.2) is 19.6 Å². The van der Waals surface area contributed by atoms with E-state index in [1.54, 1.807) is 31.4 Å². The van der Waals surface area contributed by atoms with E-state index >= 15 is 0 Å². The molecule has 0 bridgehead atoms. The van der Waals surface area contributed by atoms with Gasteiger partial charge in [0.05, 0.1) is 13.7 Å². The lowest BCUT2D eigenvalue weighted by Crippen LogP contribution is -2.14. The number of methoxy groups -OCH3 is 1. The van der Waals surface area contributed by atoms with Crippen LogP contribution in [0.2, 0.25) is 0 Å². The monoisotopic (exact) mass is 378 g/mol. The number of carbonyl (C=O) groups is 1. The van der Waals surface area contributed by atoms with Gasteiger partial charge in [0.15, 0.2) is 11.5 Å². The molecule has 0 heterocycles. The Morgan fingerprint density at radius 2 is 1.96 bits per heavy atom. The van der Waals surface area contributed by atoms with Gasteiger partial charge in [-0.2, -0.15) is 5.26 Å². The van der Waals surface area contributed by atoms with Gasteiger partial charge in [0.2, 0.25) is 0 Å². The first-order valence-electron chi connectivity index (χ1n) is 9.38. The number of nitriles is 1. The van der Waals surface area contributed by atoms with Crippen molar-refractivity contribution in [3.05, 3.63) is 59.2 Å². The molecule has 0 unspecified atom stereocenters. The number of para-hydroxylation sites is 1. The molecule has 1 N–H and O–H groups in total. The lowest BCUT2D eigenvalue weighted by atomic mass is 10.1. The highest BCUT2D eigenvalue weighted by molar-refractivity contribution is 6.10. The summed E-state index contributed by atoms with van der Waals surface area (Å²) in [5, 5.41) is 12.2. The third-order valence-electron chi connectivity index (χ3n) is 4.26. The van der Waals surface area contributed by atoms with Crippen LogP contribution in [0.3, 0.4) is 0 Å². The van der Waals surface area contributed by atoms with E-state index in [0.717, 1.165) is 24.8 Å². The minimum atomic E-state index is -0.448. The Labute approximate surface area is 166 Å². The van der Waals surface area contributed by atoms with E-state index in [1.807, 2.05) is 31.2 Å². The average molecular weight is 378 g/mol. The molecule has 0 aliphatic carbocycles. The van der Waals surface area contributed by atoms with Crippen molar-refractivity contribution in [2.45, 2.75) is 33.1 Å². The smallest absolute Gasteiger partial charge is 0.266 e. The third kappa shape index (κ3) is 5.88. The van der Waals surface area contributed by atoms with Gasteiger partial charge in [-0.15, -0.1) is 0 Å². The molecule has 146 valence electrons. The zero-order valence-electron chi connectivity index (χ0n) is 16.6. The first-order valence-corrected chi connectivity index (χ1v) is 9.38. The second-order valence-electron chi connectivity index (χ2n) is 6.40. The lowest BCUT2D eigenvalue weighted by molar-refractivity contribution is -0.112. The van der Waals surface area contributed by atoms with Gasteiger partial charge in [-0.3, -0.25) is 4.79 Å². The van der Waals surface area contributed by atoms with E-state index < -0.39 is 5.91 Å². The van der Waals surface area contributed by atoms with E-state index in [4.69, 9.17) is 9.47 Å². The Morgan fingerprint density at radius 3 is 2.64 bits per heavy atom. The Bertz CT molecular complexity index is 882. The van der Waals surface area contributed by atoms with Crippen LogP contribution in [-0.2, 0) is 4.79 Å². The van der Waals surface area contributed by atoms with Crippen LogP contribution in [0.15, 0.2) is 48.0 Å². The van der Waals surface area contributed by atoms with Crippen LogP contribution in [0.4, 0.5) is 5.69 Å². The maximum atomic E-state index is 12.5. The van der Waals surface area contributed by atoms with Crippen molar-refractivity contribution in [3.63, 3.8) is 0 Å². The number of unbranched alkanes of at least 4 members (excludes halogenated alkanes) is 2. The Morgan fingerprint density at radius 1 is 1.18 bits per heavy atom. The van der Waals surface area contributed by atoms with Gasteiger partial charge in [-0.05, 0) is 48.7 Å². The molecule has 2 aromatic carbocycles. The fourth-order valence-electron chi connectivity index (χ4n) is 2.65. The quantitative estimate of drug-likeness (QED) is 0.373. The predicted octanol–water partition coefficient (Wildman–Crippen LogP) is 5.12. The van der Waals surface area contributed by atoms with Gasteiger partial charge >= 0.3 is 0 Å². The van der Waals surface area contributed by atoms with Gasteiger partial charge < -0.3 is 14.8 Å². The molecule has 0 fully saturated rings. The van der Waals surface area contributed by atoms with E-state index in [1.165, 1.54) is 6.08 Å². The molecule has 0 saturated heterocycles. The molecular formula is C23H26N2O3. The molecule has 5 heteroatoms. The van der Waals surface area contributed by atoms with Crippen molar-refractivity contribution in [2.75, 3.05) is 19.0 Å². The van der Waals surface area contributed by atoms with Crippen molar-refractivity contribution < 1.29 is 14.3 Å². The van der Waals surface area contributed by atoms with Crippen molar-refractivity contribution >= 4 is 17.7 Å². The maximum Gasteiger partial charge on any atom is 0.266 e. The molecule has 0 atom stereocenters. The molecule has 2 rings (SSSR count). The van der Waals surface area contributed by atoms with Crippen LogP contribution in [0, 0.1) is 18.3 Å². The molecular weight excluding hydrogens is 352 g/mol. The molecule has 0 aliphatic rings. The molecule has 1 amide bonds. The number of ether oxygens (including phenoxy) is 2. The number of aryl methyl sites for hydroxylation is 1. The summed E-state index contributed by atoms with van der Waals surface area (Å²) in [7, 11) is 1.57. The van der Waals surface area contributed by atoms with Gasteiger partial charge in [-0.25, -0.2) is 0 Å². The third-order valence-corrected chi connectivity index (χ3v) is 4.26. The Balaban J connectivity index is 2.15. The Kier molecular flexibility index (Phi) is 8.11. The maximum absolute atomic E-state index is 12.5. The minimum Gasteiger partial charge on any atom is -0.493 e. The molecule has 0 aliphatic heterocycles. The number of carbonyl (C=O) groups excluding carboxylic acids is 1. The summed E-state index contributed by atoms with van der Waals surface area (Å²) >= 11 is 0. The van der Waals surface area contributed by atoms with Crippen LogP contribution >= 0.6 is 0 Å². The number of hydrogen-bond acceptors (Lipinski definition) is 4. The fourth-order valence-corrected chi connectivity index (χ4v) is 2.65. The summed E-state index contributed by atoms with van der Waals surface area (Å²) < 4.78 is 11.2. The van der Waals surface area contributed by atoms with Crippen LogP contribution < -0.4 is 14.8 Å². The van der Waals surface area contributed by atoms with Crippen molar-refractivity contribution in [3.8, 4) is 17.6 Å². The molecule has 0 spiro atoms. The second kappa shape index (κ2) is 10.8. The zero-order chi connectivity index (χ0) is 20.4. The number of benzene rings is 2. The highest BCUT2D eigenvalue weighted by Gasteiger charge is 2.12. The number of nitrogens with one attached hydrogen (secondary N) is 1. The summed E-state index contributed by atoms with van der Waals surface area (Å²) in [4.78, 5) is 12.5. The summed E-state index contributed by atoms with van der Waals surface area (Å²) in [5.74, 6) is 0.774. The van der Waals surface area contributed by atoms with Crippen molar-refractivity contribution in [1.29, 1.82) is 5.26 Å². The molecule has 28 heavy (non-hydrogen) atoms. The van der Waals surface area contributed by atoms with Crippen LogP contribution in [0.5, 0.6) is 11.5 Å². The highest BCUT2D eigenvalue weighted by Crippen LogP contribution is 2.29. The van der Waals surface area contributed by atoms with Gasteiger partial charge in [-0.1, -0.05) is 44.0 Å². The largest absolute Gasteiger partial charge is 0.493 e. The number of nitrogens with zero attached hydrogens (tertiary/aromatic N) is 1. The lowest BCUT2D eigenvalue weighted by Gasteiger charge is -2.11. The molecule has 0 saturated carbocycles. The molecule has 0 radical (unpaired) electrons. The number of anilines is 1. The summed E-state index contributed by atoms with van der Waals surface area (Å²) in [6, 6.07) is 14.8. The first kappa shape index (κ1) is 21.0. The van der Waals surface area contributed by atoms with Gasteiger partial charge in [0, 0.05) is 5.69 Å². The number of hydrogen-bond donors (Lipinski definition) is 1. The van der Waals surface area contributed by atoms with E-state index in [9.17, 15) is 10.1 Å². The second-order valence-corrected chi connectivity index (χ2v) is 6.40. The number of amides is 1. The molecule has 2 aromatic rings. The van der Waals surface area contributed by atoms with Gasteiger partial charge in [0.25, 0.3) is 5.91 Å². The minimum absolute atomic E-state index is 0.0157. The van der Waals surface area contributed by atoms with Crippen molar-refractivity contribution in [2.24, 2.45) is 0 Å². The first-order chi connectivity index (χ1) is 13.6. The topological polar surface area (TPSA) is 71.3 Å². The molecule has 0 aromatic heterocycles. The van der Waals surface area contributed by atoms with Crippen molar-refractivity contribution in [1.82, 2.24) is 0 Å². The Hall–Kier alpha value is -3.26. The zero-order valence-corrected chi connectivity index (χ0v) is 16.6. The standard InChI is InChI=1S/C23H26N2O3/c1-4-5-8-13-28-21-12-11-18(15-22(21)27-3)14-19(16-24)23(26)25-20-10-7-6-9-17(20)2/h6-7,9-12,14-15H,4-5,8,13H2,1-3H3,(H,25,26)/b19-14+. The van der Waals surface area contributed by atoms with E-state index in [2.05, 4.69) is 12.2 Å². The summed E-state index contributed by atoms with van der Waals surface area (Å²) in [6.45, 7) is 4.67. The van der Waals surface area contributed by atoms with Gasteiger partial charge in [0.1, 0.15) is 11.6 Å². The van der Waals surface area contributed by atoms with E-state index in [-0.39, 0.29) is 5.57 Å². The van der Waals surface area contributed by atoms with Crippen LogP contribution in [0.1, 0.15) is 37.3 Å². The van der Waals surface area contributed by atoms with Crippen LogP contribution in [0.25, 0.3) is 6.08 Å². The average Bonchev–Trinajstić information content (AvgIpc) is 2.71. The highest BCUT2D eigenvalue weighted by atomic mass is 16.5. The van der Waals surface area contributed by atoms with E-state index in [0.29, 0.717) is 29.4 Å². The number of rotatable bonds is 9. The SMILES string of the molecule is CCCCCOc1ccc(/C=C(\C#N)C(=O)Nc2ccccc2C)cc1OC.